The summed E-state index contributed by atoms with van der Waals surface area (Å²) in [7, 11) is 0. The molecular weight excluding hydrogens is 254 g/mol. The van der Waals surface area contributed by atoms with E-state index >= 15 is 0 Å². The standard InChI is InChI=1S/C12H12BrNO/c1-8-10-6-9(13)2-3-11(10)14-4-5-15-7-12(8)14/h2-3,6H,4-5,7H2,1H3. The van der Waals surface area contributed by atoms with Crippen LogP contribution in [0.25, 0.3) is 10.9 Å². The zero-order valence-electron chi connectivity index (χ0n) is 8.59. The molecule has 0 radical (unpaired) electrons. The molecule has 1 aliphatic heterocycles. The lowest BCUT2D eigenvalue weighted by Gasteiger charge is -2.17. The summed E-state index contributed by atoms with van der Waals surface area (Å²) in [6, 6.07) is 6.47. The number of aryl methyl sites for hydroxylation is 1. The lowest BCUT2D eigenvalue weighted by Crippen LogP contribution is -2.16. The number of hydrogen-bond acceptors (Lipinski definition) is 1. The van der Waals surface area contributed by atoms with Gasteiger partial charge in [0, 0.05) is 27.6 Å². The Kier molecular flexibility index (Phi) is 2.11. The van der Waals surface area contributed by atoms with Gasteiger partial charge in [-0.3, -0.25) is 0 Å². The highest BCUT2D eigenvalue weighted by atomic mass is 79.9. The fraction of sp³-hybridized carbons (Fsp3) is 0.333. The number of ether oxygens (including phenoxy) is 1. The van der Waals surface area contributed by atoms with Crippen molar-refractivity contribution < 1.29 is 4.74 Å². The van der Waals surface area contributed by atoms with E-state index in [0.29, 0.717) is 0 Å². The Hall–Kier alpha value is -0.800. The van der Waals surface area contributed by atoms with Gasteiger partial charge < -0.3 is 9.30 Å². The Morgan fingerprint density at radius 2 is 2.27 bits per heavy atom. The predicted octanol–water partition coefficient (Wildman–Crippen LogP) is 3.24. The predicted molar refractivity (Wildman–Crippen MR) is 64.0 cm³/mol. The molecule has 0 N–H and O–H groups in total. The Morgan fingerprint density at radius 1 is 1.40 bits per heavy atom. The van der Waals surface area contributed by atoms with Gasteiger partial charge in [0.15, 0.2) is 0 Å². The van der Waals surface area contributed by atoms with E-state index in [9.17, 15) is 0 Å². The van der Waals surface area contributed by atoms with Gasteiger partial charge in [-0.05, 0) is 30.7 Å². The third-order valence-electron chi connectivity index (χ3n) is 3.11. The number of halogens is 1. The molecule has 78 valence electrons. The summed E-state index contributed by atoms with van der Waals surface area (Å²) < 4.78 is 9.02. The molecule has 0 spiro atoms. The van der Waals surface area contributed by atoms with Gasteiger partial charge in [0.2, 0.25) is 0 Å². The molecule has 1 aromatic heterocycles. The number of aromatic nitrogens is 1. The third kappa shape index (κ3) is 1.34. The van der Waals surface area contributed by atoms with E-state index in [1.165, 1.54) is 22.2 Å². The Labute approximate surface area is 97.0 Å². The van der Waals surface area contributed by atoms with Crippen LogP contribution in [0.15, 0.2) is 22.7 Å². The second-order valence-corrected chi connectivity index (χ2v) is 4.85. The fourth-order valence-electron chi connectivity index (χ4n) is 2.31. The normalized spacial score (nSPS) is 15.6. The molecule has 3 heteroatoms. The quantitative estimate of drug-likeness (QED) is 0.714. The first-order valence-electron chi connectivity index (χ1n) is 5.12. The molecule has 2 heterocycles. The van der Waals surface area contributed by atoms with Crippen LogP contribution in [0.3, 0.4) is 0 Å². The van der Waals surface area contributed by atoms with Crippen molar-refractivity contribution in [2.24, 2.45) is 0 Å². The van der Waals surface area contributed by atoms with Crippen LogP contribution in [0.1, 0.15) is 11.3 Å². The molecule has 0 fully saturated rings. The summed E-state index contributed by atoms with van der Waals surface area (Å²) in [6.07, 6.45) is 0. The summed E-state index contributed by atoms with van der Waals surface area (Å²) in [6.45, 7) is 4.72. The molecular formula is C12H12BrNO. The minimum absolute atomic E-state index is 0.748. The second-order valence-electron chi connectivity index (χ2n) is 3.94. The van der Waals surface area contributed by atoms with E-state index in [1.54, 1.807) is 0 Å². The highest BCUT2D eigenvalue weighted by molar-refractivity contribution is 9.10. The number of fused-ring (bicyclic) bond motifs is 3. The Bertz CT molecular complexity index is 530. The highest BCUT2D eigenvalue weighted by Crippen LogP contribution is 2.30. The minimum atomic E-state index is 0.748. The minimum Gasteiger partial charge on any atom is -0.373 e. The van der Waals surface area contributed by atoms with Gasteiger partial charge in [-0.15, -0.1) is 0 Å². The zero-order valence-corrected chi connectivity index (χ0v) is 10.2. The summed E-state index contributed by atoms with van der Waals surface area (Å²) in [5.74, 6) is 0. The van der Waals surface area contributed by atoms with Crippen molar-refractivity contribution in [2.45, 2.75) is 20.1 Å². The van der Waals surface area contributed by atoms with Gasteiger partial charge in [0.25, 0.3) is 0 Å². The Morgan fingerprint density at radius 3 is 3.13 bits per heavy atom. The monoisotopic (exact) mass is 265 g/mol. The van der Waals surface area contributed by atoms with Crippen LogP contribution in [-0.4, -0.2) is 11.2 Å². The molecule has 0 atom stereocenters. The van der Waals surface area contributed by atoms with Gasteiger partial charge in [0.05, 0.1) is 13.2 Å². The van der Waals surface area contributed by atoms with Crippen molar-refractivity contribution in [2.75, 3.05) is 6.61 Å². The van der Waals surface area contributed by atoms with Crippen molar-refractivity contribution in [1.82, 2.24) is 4.57 Å². The first kappa shape index (κ1) is 9.43. The smallest absolute Gasteiger partial charge is 0.0871 e. The molecule has 0 saturated heterocycles. The van der Waals surface area contributed by atoms with Crippen molar-refractivity contribution in [3.63, 3.8) is 0 Å². The van der Waals surface area contributed by atoms with E-state index in [2.05, 4.69) is 45.6 Å². The SMILES string of the molecule is Cc1c2n(c3ccc(Br)cc13)CCOC2. The van der Waals surface area contributed by atoms with Crippen LogP contribution in [-0.2, 0) is 17.9 Å². The average Bonchev–Trinajstić information content (AvgIpc) is 2.54. The summed E-state index contributed by atoms with van der Waals surface area (Å²) in [5.41, 5.74) is 4.01. The van der Waals surface area contributed by atoms with E-state index in [4.69, 9.17) is 4.74 Å². The first-order chi connectivity index (χ1) is 7.27. The topological polar surface area (TPSA) is 14.2 Å². The molecule has 15 heavy (non-hydrogen) atoms. The molecule has 0 bridgehead atoms. The number of benzene rings is 1. The lowest BCUT2D eigenvalue weighted by atomic mass is 10.1. The van der Waals surface area contributed by atoms with Crippen LogP contribution in [0, 0.1) is 6.92 Å². The van der Waals surface area contributed by atoms with Crippen LogP contribution in [0.2, 0.25) is 0 Å². The largest absolute Gasteiger partial charge is 0.373 e. The summed E-state index contributed by atoms with van der Waals surface area (Å²) in [5, 5.41) is 1.34. The molecule has 1 aliphatic rings. The molecule has 3 rings (SSSR count). The molecule has 2 aromatic rings. The fourth-order valence-corrected chi connectivity index (χ4v) is 2.67. The molecule has 0 saturated carbocycles. The molecule has 0 unspecified atom stereocenters. The summed E-state index contributed by atoms with van der Waals surface area (Å²) in [4.78, 5) is 0. The highest BCUT2D eigenvalue weighted by Gasteiger charge is 2.17. The van der Waals surface area contributed by atoms with Crippen molar-refractivity contribution in [3.8, 4) is 0 Å². The first-order valence-corrected chi connectivity index (χ1v) is 5.91. The molecule has 1 aromatic carbocycles. The van der Waals surface area contributed by atoms with Gasteiger partial charge in [-0.2, -0.15) is 0 Å². The number of nitrogens with zero attached hydrogens (tertiary/aromatic N) is 1. The van der Waals surface area contributed by atoms with Gasteiger partial charge >= 0.3 is 0 Å². The van der Waals surface area contributed by atoms with Crippen LogP contribution in [0.4, 0.5) is 0 Å². The number of rotatable bonds is 0. The van der Waals surface area contributed by atoms with E-state index in [-0.39, 0.29) is 0 Å². The second kappa shape index (κ2) is 3.35. The molecule has 0 amide bonds. The number of hydrogen-bond donors (Lipinski definition) is 0. The third-order valence-corrected chi connectivity index (χ3v) is 3.60. The van der Waals surface area contributed by atoms with Gasteiger partial charge in [-0.1, -0.05) is 15.9 Å². The van der Waals surface area contributed by atoms with Crippen LogP contribution in [0.5, 0.6) is 0 Å². The maximum Gasteiger partial charge on any atom is 0.0871 e. The van der Waals surface area contributed by atoms with E-state index in [0.717, 1.165) is 24.2 Å². The molecule has 2 nitrogen and oxygen atoms in total. The average molecular weight is 266 g/mol. The van der Waals surface area contributed by atoms with Crippen molar-refractivity contribution in [3.05, 3.63) is 33.9 Å². The van der Waals surface area contributed by atoms with Crippen LogP contribution < -0.4 is 0 Å². The Balaban J connectivity index is 2.38. The van der Waals surface area contributed by atoms with E-state index < -0.39 is 0 Å². The van der Waals surface area contributed by atoms with E-state index in [1.807, 2.05) is 0 Å². The van der Waals surface area contributed by atoms with Gasteiger partial charge in [-0.25, -0.2) is 0 Å². The van der Waals surface area contributed by atoms with Crippen molar-refractivity contribution in [1.29, 1.82) is 0 Å². The van der Waals surface area contributed by atoms with Gasteiger partial charge in [0.1, 0.15) is 0 Å². The van der Waals surface area contributed by atoms with Crippen molar-refractivity contribution >= 4 is 26.8 Å². The summed E-state index contributed by atoms with van der Waals surface area (Å²) >= 11 is 3.52. The molecule has 0 aliphatic carbocycles. The lowest BCUT2D eigenvalue weighted by molar-refractivity contribution is 0.0860. The maximum absolute atomic E-state index is 5.50. The zero-order chi connectivity index (χ0) is 10.4. The van der Waals surface area contributed by atoms with Crippen LogP contribution >= 0.6 is 15.9 Å². The maximum atomic E-state index is 5.50.